The second kappa shape index (κ2) is 6.87. The summed E-state index contributed by atoms with van der Waals surface area (Å²) in [5, 5.41) is 2.79. The Kier molecular flexibility index (Phi) is 4.47. The predicted molar refractivity (Wildman–Crippen MR) is 94.1 cm³/mol. The molecule has 3 rings (SSSR count). The largest absolute Gasteiger partial charge is 0.322 e. The van der Waals surface area contributed by atoms with E-state index in [2.05, 4.69) is 10.3 Å². The number of Topliss-reactive ketones (excluding diaryl/α,β-unsaturated/α-hetero) is 1. The van der Waals surface area contributed by atoms with Crippen LogP contribution in [-0.2, 0) is 0 Å². The molecule has 0 unspecified atom stereocenters. The Labute approximate surface area is 140 Å². The standard InChI is InChI=1S/C20H16N2O2/c1-14(23)15-7-10-18(11-8-15)22-20(24)17-9-12-19(21-13-17)16-5-3-2-4-6-16/h2-13H,1H3,(H,22,24). The zero-order valence-electron chi connectivity index (χ0n) is 13.2. The number of aromatic nitrogens is 1. The molecule has 4 nitrogen and oxygen atoms in total. The average molecular weight is 316 g/mol. The predicted octanol–water partition coefficient (Wildman–Crippen LogP) is 4.20. The number of ketones is 1. The van der Waals surface area contributed by atoms with E-state index in [1.807, 2.05) is 36.4 Å². The minimum Gasteiger partial charge on any atom is -0.322 e. The van der Waals surface area contributed by atoms with Gasteiger partial charge < -0.3 is 5.32 Å². The van der Waals surface area contributed by atoms with Crippen molar-refractivity contribution in [3.05, 3.63) is 84.1 Å². The highest BCUT2D eigenvalue weighted by molar-refractivity contribution is 6.04. The van der Waals surface area contributed by atoms with Gasteiger partial charge in [-0.25, -0.2) is 0 Å². The van der Waals surface area contributed by atoms with Crippen LogP contribution in [0.2, 0.25) is 0 Å². The van der Waals surface area contributed by atoms with E-state index in [0.29, 0.717) is 16.8 Å². The van der Waals surface area contributed by atoms with Crippen molar-refractivity contribution in [1.29, 1.82) is 0 Å². The van der Waals surface area contributed by atoms with Crippen LogP contribution in [0.25, 0.3) is 11.3 Å². The third kappa shape index (κ3) is 3.55. The van der Waals surface area contributed by atoms with Gasteiger partial charge in [0.15, 0.2) is 5.78 Å². The molecule has 0 atom stereocenters. The number of rotatable bonds is 4. The SMILES string of the molecule is CC(=O)c1ccc(NC(=O)c2ccc(-c3ccccc3)nc2)cc1. The van der Waals surface area contributed by atoms with Crippen molar-refractivity contribution in [1.82, 2.24) is 4.98 Å². The minimum atomic E-state index is -0.238. The van der Waals surface area contributed by atoms with Gasteiger partial charge >= 0.3 is 0 Å². The molecule has 4 heteroatoms. The molecular weight excluding hydrogens is 300 g/mol. The van der Waals surface area contributed by atoms with Crippen LogP contribution in [0.15, 0.2) is 72.9 Å². The molecule has 3 aromatic rings. The molecule has 1 aromatic heterocycles. The number of carbonyl (C=O) groups excluding carboxylic acids is 2. The Morgan fingerprint density at radius 1 is 0.833 bits per heavy atom. The van der Waals surface area contributed by atoms with Gasteiger partial charge in [0.1, 0.15) is 0 Å². The maximum atomic E-state index is 12.3. The molecule has 0 saturated carbocycles. The minimum absolute atomic E-state index is 0.00595. The number of nitrogens with zero attached hydrogens (tertiary/aromatic N) is 1. The summed E-state index contributed by atoms with van der Waals surface area (Å²) in [6, 6.07) is 20.1. The number of benzene rings is 2. The molecule has 1 heterocycles. The van der Waals surface area contributed by atoms with Crippen LogP contribution in [-0.4, -0.2) is 16.7 Å². The molecule has 1 amide bonds. The van der Waals surface area contributed by atoms with E-state index in [1.165, 1.54) is 6.92 Å². The fourth-order valence-corrected chi connectivity index (χ4v) is 2.30. The van der Waals surface area contributed by atoms with Crippen molar-refractivity contribution >= 4 is 17.4 Å². The molecule has 0 radical (unpaired) electrons. The molecule has 0 saturated heterocycles. The topological polar surface area (TPSA) is 59.1 Å². The Balaban J connectivity index is 1.72. The summed E-state index contributed by atoms with van der Waals surface area (Å²) in [7, 11) is 0. The fraction of sp³-hybridized carbons (Fsp3) is 0.0500. The molecule has 0 bridgehead atoms. The van der Waals surface area contributed by atoms with Gasteiger partial charge in [-0.3, -0.25) is 14.6 Å². The van der Waals surface area contributed by atoms with Gasteiger partial charge in [0, 0.05) is 23.0 Å². The first-order valence-corrected chi connectivity index (χ1v) is 7.57. The molecule has 0 aliphatic heterocycles. The molecule has 0 fully saturated rings. The summed E-state index contributed by atoms with van der Waals surface area (Å²) in [5.41, 5.74) is 3.55. The van der Waals surface area contributed by atoms with Crippen LogP contribution in [0.1, 0.15) is 27.6 Å². The monoisotopic (exact) mass is 316 g/mol. The zero-order chi connectivity index (χ0) is 16.9. The second-order valence-corrected chi connectivity index (χ2v) is 5.39. The normalized spacial score (nSPS) is 10.2. The smallest absolute Gasteiger partial charge is 0.257 e. The summed E-state index contributed by atoms with van der Waals surface area (Å²) in [4.78, 5) is 27.9. The van der Waals surface area contributed by atoms with Gasteiger partial charge in [0.05, 0.1) is 11.3 Å². The third-order valence-corrected chi connectivity index (χ3v) is 3.64. The van der Waals surface area contributed by atoms with E-state index in [1.54, 1.807) is 36.5 Å². The van der Waals surface area contributed by atoms with E-state index < -0.39 is 0 Å². The lowest BCUT2D eigenvalue weighted by atomic mass is 10.1. The molecular formula is C20H16N2O2. The fourth-order valence-electron chi connectivity index (χ4n) is 2.30. The molecule has 0 spiro atoms. The molecule has 24 heavy (non-hydrogen) atoms. The van der Waals surface area contributed by atoms with E-state index in [0.717, 1.165) is 11.3 Å². The Morgan fingerprint density at radius 2 is 1.50 bits per heavy atom. The lowest BCUT2D eigenvalue weighted by Gasteiger charge is -2.06. The Morgan fingerprint density at radius 3 is 2.08 bits per heavy atom. The van der Waals surface area contributed by atoms with Crippen molar-refractivity contribution in [2.45, 2.75) is 6.92 Å². The van der Waals surface area contributed by atoms with Gasteiger partial charge in [0.25, 0.3) is 5.91 Å². The molecule has 1 N–H and O–H groups in total. The van der Waals surface area contributed by atoms with Crippen molar-refractivity contribution < 1.29 is 9.59 Å². The Hall–Kier alpha value is -3.27. The van der Waals surface area contributed by atoms with E-state index in [4.69, 9.17) is 0 Å². The highest BCUT2D eigenvalue weighted by Crippen LogP contribution is 2.17. The van der Waals surface area contributed by atoms with Gasteiger partial charge in [-0.05, 0) is 43.3 Å². The van der Waals surface area contributed by atoms with Gasteiger partial charge in [-0.1, -0.05) is 30.3 Å². The zero-order valence-corrected chi connectivity index (χ0v) is 13.2. The van der Waals surface area contributed by atoms with Crippen LogP contribution in [0, 0.1) is 0 Å². The van der Waals surface area contributed by atoms with Crippen molar-refractivity contribution in [3.63, 3.8) is 0 Å². The molecule has 0 aliphatic rings. The maximum Gasteiger partial charge on any atom is 0.257 e. The summed E-state index contributed by atoms with van der Waals surface area (Å²) < 4.78 is 0. The number of amides is 1. The van der Waals surface area contributed by atoms with Crippen LogP contribution < -0.4 is 5.32 Å². The second-order valence-electron chi connectivity index (χ2n) is 5.39. The number of hydrogen-bond acceptors (Lipinski definition) is 3. The van der Waals surface area contributed by atoms with Crippen LogP contribution in [0.5, 0.6) is 0 Å². The van der Waals surface area contributed by atoms with E-state index in [-0.39, 0.29) is 11.7 Å². The van der Waals surface area contributed by atoms with Gasteiger partial charge in [-0.15, -0.1) is 0 Å². The van der Waals surface area contributed by atoms with Crippen molar-refractivity contribution in [2.75, 3.05) is 5.32 Å². The quantitative estimate of drug-likeness (QED) is 0.734. The molecule has 0 aliphatic carbocycles. The lowest BCUT2D eigenvalue weighted by molar-refractivity contribution is 0.101. The average Bonchev–Trinajstić information content (AvgIpc) is 2.63. The maximum absolute atomic E-state index is 12.3. The first-order chi connectivity index (χ1) is 11.6. The highest BCUT2D eigenvalue weighted by atomic mass is 16.1. The number of nitrogens with one attached hydrogen (secondary N) is 1. The number of carbonyl (C=O) groups is 2. The van der Waals surface area contributed by atoms with E-state index >= 15 is 0 Å². The molecule has 118 valence electrons. The van der Waals surface area contributed by atoms with Crippen molar-refractivity contribution in [2.24, 2.45) is 0 Å². The first-order valence-electron chi connectivity index (χ1n) is 7.57. The Bertz CT molecular complexity index is 854. The van der Waals surface area contributed by atoms with E-state index in [9.17, 15) is 9.59 Å². The molecule has 2 aromatic carbocycles. The number of pyridine rings is 1. The third-order valence-electron chi connectivity index (χ3n) is 3.64. The van der Waals surface area contributed by atoms with Crippen LogP contribution >= 0.6 is 0 Å². The summed E-state index contributed by atoms with van der Waals surface area (Å²) in [5.74, 6) is -0.244. The summed E-state index contributed by atoms with van der Waals surface area (Å²) in [6.07, 6.45) is 1.56. The lowest BCUT2D eigenvalue weighted by Crippen LogP contribution is -2.12. The van der Waals surface area contributed by atoms with Crippen LogP contribution in [0.3, 0.4) is 0 Å². The highest BCUT2D eigenvalue weighted by Gasteiger charge is 2.08. The van der Waals surface area contributed by atoms with Crippen LogP contribution in [0.4, 0.5) is 5.69 Å². The number of hydrogen-bond donors (Lipinski definition) is 1. The summed E-state index contributed by atoms with van der Waals surface area (Å²) in [6.45, 7) is 1.51. The number of anilines is 1. The first kappa shape index (κ1) is 15.6. The van der Waals surface area contributed by atoms with Crippen molar-refractivity contribution in [3.8, 4) is 11.3 Å². The van der Waals surface area contributed by atoms with Gasteiger partial charge in [0.2, 0.25) is 0 Å². The summed E-state index contributed by atoms with van der Waals surface area (Å²) >= 11 is 0. The van der Waals surface area contributed by atoms with Gasteiger partial charge in [-0.2, -0.15) is 0 Å².